The van der Waals surface area contributed by atoms with Crippen molar-refractivity contribution in [2.45, 2.75) is 24.4 Å². The number of benzene rings is 1. The van der Waals surface area contributed by atoms with E-state index in [0.717, 1.165) is 10.6 Å². The van der Waals surface area contributed by atoms with Gasteiger partial charge in [0.15, 0.2) is 0 Å². The van der Waals surface area contributed by atoms with Crippen molar-refractivity contribution in [3.05, 3.63) is 29.8 Å². The molecule has 0 fully saturated rings. The summed E-state index contributed by atoms with van der Waals surface area (Å²) in [7, 11) is 0. The fourth-order valence-corrected chi connectivity index (χ4v) is 1.91. The van der Waals surface area contributed by atoms with E-state index in [0.29, 0.717) is 5.56 Å². The molecule has 0 saturated carbocycles. The monoisotopic (exact) mass is 213 g/mol. The average molecular weight is 213 g/mol. The van der Waals surface area contributed by atoms with Gasteiger partial charge in [-0.25, -0.2) is 4.39 Å². The first-order chi connectivity index (χ1) is 6.60. The topological polar surface area (TPSA) is 26.0 Å². The number of alkyl halides is 1. The standard InChI is InChI=1S/C11H16FNS/c1-3-14-10-6-4-5-9(7-10)11(2,12)8-13/h4-7H,3,8,13H2,1-2H3. The Balaban J connectivity index is 2.93. The molecule has 0 aromatic heterocycles. The number of nitrogens with two attached hydrogens (primary N) is 1. The van der Waals surface area contributed by atoms with Crippen LogP contribution in [0.2, 0.25) is 0 Å². The van der Waals surface area contributed by atoms with Gasteiger partial charge in [-0.2, -0.15) is 0 Å². The molecule has 0 aliphatic carbocycles. The van der Waals surface area contributed by atoms with Crippen LogP contribution < -0.4 is 5.73 Å². The minimum atomic E-state index is -1.41. The van der Waals surface area contributed by atoms with Crippen molar-refractivity contribution in [2.75, 3.05) is 12.3 Å². The smallest absolute Gasteiger partial charge is 0.145 e. The highest BCUT2D eigenvalue weighted by atomic mass is 32.2. The summed E-state index contributed by atoms with van der Waals surface area (Å²) >= 11 is 1.71. The van der Waals surface area contributed by atoms with Gasteiger partial charge in [-0.15, -0.1) is 11.8 Å². The van der Waals surface area contributed by atoms with Gasteiger partial charge < -0.3 is 5.73 Å². The molecule has 1 aromatic carbocycles. The summed E-state index contributed by atoms with van der Waals surface area (Å²) in [5.74, 6) is 0.995. The third-order valence-electron chi connectivity index (χ3n) is 2.13. The number of hydrogen-bond donors (Lipinski definition) is 1. The van der Waals surface area contributed by atoms with Crippen molar-refractivity contribution in [1.29, 1.82) is 0 Å². The minimum absolute atomic E-state index is 0.0211. The minimum Gasteiger partial charge on any atom is -0.327 e. The second kappa shape index (κ2) is 4.80. The van der Waals surface area contributed by atoms with Gasteiger partial charge in [-0.1, -0.05) is 19.1 Å². The highest BCUT2D eigenvalue weighted by Gasteiger charge is 2.23. The van der Waals surface area contributed by atoms with Crippen molar-refractivity contribution >= 4 is 11.8 Å². The van der Waals surface area contributed by atoms with Crippen molar-refractivity contribution in [3.8, 4) is 0 Å². The SMILES string of the molecule is CCSc1cccc(C(C)(F)CN)c1. The highest BCUT2D eigenvalue weighted by Crippen LogP contribution is 2.27. The van der Waals surface area contributed by atoms with Crippen molar-refractivity contribution in [1.82, 2.24) is 0 Å². The van der Waals surface area contributed by atoms with Crippen LogP contribution in [0.1, 0.15) is 19.4 Å². The Morgan fingerprint density at radius 1 is 1.50 bits per heavy atom. The predicted octanol–water partition coefficient (Wildman–Crippen LogP) is 2.94. The third-order valence-corrected chi connectivity index (χ3v) is 3.01. The largest absolute Gasteiger partial charge is 0.327 e. The lowest BCUT2D eigenvalue weighted by Gasteiger charge is -2.18. The summed E-state index contributed by atoms with van der Waals surface area (Å²) in [5, 5.41) is 0. The molecular weight excluding hydrogens is 197 g/mol. The second-order valence-corrected chi connectivity index (χ2v) is 4.70. The van der Waals surface area contributed by atoms with E-state index in [1.54, 1.807) is 17.8 Å². The Hall–Kier alpha value is -0.540. The summed E-state index contributed by atoms with van der Waals surface area (Å²) in [6, 6.07) is 7.53. The molecule has 0 radical (unpaired) electrons. The lowest BCUT2D eigenvalue weighted by Crippen LogP contribution is -2.26. The maximum absolute atomic E-state index is 13.8. The molecule has 0 spiro atoms. The van der Waals surface area contributed by atoms with Crippen LogP contribution in [-0.2, 0) is 5.67 Å². The molecule has 0 saturated heterocycles. The first-order valence-corrected chi connectivity index (χ1v) is 5.71. The van der Waals surface area contributed by atoms with E-state index >= 15 is 0 Å². The second-order valence-electron chi connectivity index (χ2n) is 3.36. The molecule has 1 atom stereocenters. The lowest BCUT2D eigenvalue weighted by atomic mass is 9.98. The summed E-state index contributed by atoms with van der Waals surface area (Å²) in [4.78, 5) is 1.10. The average Bonchev–Trinajstić information content (AvgIpc) is 2.19. The van der Waals surface area contributed by atoms with Gasteiger partial charge >= 0.3 is 0 Å². The first kappa shape index (κ1) is 11.5. The van der Waals surface area contributed by atoms with Gasteiger partial charge in [0.2, 0.25) is 0 Å². The molecule has 1 nitrogen and oxygen atoms in total. The summed E-state index contributed by atoms with van der Waals surface area (Å²) in [5.41, 5.74) is 4.63. The van der Waals surface area contributed by atoms with Crippen LogP contribution >= 0.6 is 11.8 Å². The van der Waals surface area contributed by atoms with Gasteiger partial charge in [-0.05, 0) is 30.4 Å². The first-order valence-electron chi connectivity index (χ1n) is 4.72. The molecule has 0 amide bonds. The normalized spacial score (nSPS) is 15.1. The zero-order chi connectivity index (χ0) is 10.6. The molecule has 1 aromatic rings. The van der Waals surface area contributed by atoms with Crippen LogP contribution in [0.25, 0.3) is 0 Å². The maximum atomic E-state index is 13.8. The lowest BCUT2D eigenvalue weighted by molar-refractivity contribution is 0.203. The van der Waals surface area contributed by atoms with E-state index in [4.69, 9.17) is 5.73 Å². The van der Waals surface area contributed by atoms with E-state index < -0.39 is 5.67 Å². The van der Waals surface area contributed by atoms with Gasteiger partial charge in [0, 0.05) is 11.4 Å². The van der Waals surface area contributed by atoms with E-state index in [-0.39, 0.29) is 6.54 Å². The number of rotatable bonds is 4. The Kier molecular flexibility index (Phi) is 3.96. The molecule has 1 unspecified atom stereocenters. The molecular formula is C11H16FNS. The molecule has 14 heavy (non-hydrogen) atoms. The Labute approximate surface area is 88.9 Å². The van der Waals surface area contributed by atoms with Crippen LogP contribution in [0.15, 0.2) is 29.2 Å². The highest BCUT2D eigenvalue weighted by molar-refractivity contribution is 7.99. The van der Waals surface area contributed by atoms with Crippen LogP contribution in [-0.4, -0.2) is 12.3 Å². The summed E-state index contributed by atoms with van der Waals surface area (Å²) in [6.45, 7) is 3.62. The predicted molar refractivity (Wildman–Crippen MR) is 60.4 cm³/mol. The van der Waals surface area contributed by atoms with Crippen molar-refractivity contribution in [3.63, 3.8) is 0 Å². The van der Waals surface area contributed by atoms with E-state index in [2.05, 4.69) is 6.92 Å². The number of hydrogen-bond acceptors (Lipinski definition) is 2. The third kappa shape index (κ3) is 2.72. The summed E-state index contributed by atoms with van der Waals surface area (Å²) < 4.78 is 13.8. The number of halogens is 1. The molecule has 0 heterocycles. The molecule has 78 valence electrons. The Morgan fingerprint density at radius 3 is 2.79 bits per heavy atom. The molecule has 1 rings (SSSR count). The Morgan fingerprint density at radius 2 is 2.21 bits per heavy atom. The van der Waals surface area contributed by atoms with E-state index in [1.807, 2.05) is 18.2 Å². The van der Waals surface area contributed by atoms with E-state index in [9.17, 15) is 4.39 Å². The quantitative estimate of drug-likeness (QED) is 0.778. The zero-order valence-corrected chi connectivity index (χ0v) is 9.40. The van der Waals surface area contributed by atoms with Crippen LogP contribution in [0.4, 0.5) is 4.39 Å². The summed E-state index contributed by atoms with van der Waals surface area (Å²) in [6.07, 6.45) is 0. The van der Waals surface area contributed by atoms with Crippen molar-refractivity contribution < 1.29 is 4.39 Å². The van der Waals surface area contributed by atoms with Crippen LogP contribution in [0.5, 0.6) is 0 Å². The molecule has 0 bridgehead atoms. The number of thioether (sulfide) groups is 1. The molecule has 0 aliphatic rings. The van der Waals surface area contributed by atoms with Gasteiger partial charge in [0.1, 0.15) is 5.67 Å². The fourth-order valence-electron chi connectivity index (χ4n) is 1.19. The zero-order valence-electron chi connectivity index (χ0n) is 8.59. The van der Waals surface area contributed by atoms with Gasteiger partial charge in [0.25, 0.3) is 0 Å². The van der Waals surface area contributed by atoms with E-state index in [1.165, 1.54) is 6.92 Å². The fraction of sp³-hybridized carbons (Fsp3) is 0.455. The van der Waals surface area contributed by atoms with Crippen LogP contribution in [0.3, 0.4) is 0 Å². The van der Waals surface area contributed by atoms with Crippen LogP contribution in [0, 0.1) is 0 Å². The maximum Gasteiger partial charge on any atom is 0.145 e. The Bertz CT molecular complexity index is 299. The van der Waals surface area contributed by atoms with Gasteiger partial charge in [-0.3, -0.25) is 0 Å². The molecule has 2 N–H and O–H groups in total. The molecule has 0 aliphatic heterocycles. The van der Waals surface area contributed by atoms with Gasteiger partial charge in [0.05, 0.1) is 0 Å². The molecule has 3 heteroatoms. The van der Waals surface area contributed by atoms with Crippen molar-refractivity contribution in [2.24, 2.45) is 5.73 Å².